The van der Waals surface area contributed by atoms with Gasteiger partial charge in [0, 0.05) is 5.69 Å². The van der Waals surface area contributed by atoms with Gasteiger partial charge < -0.3 is 5.11 Å². The number of sulfone groups is 1. The highest BCUT2D eigenvalue weighted by Crippen LogP contribution is 2.28. The van der Waals surface area contributed by atoms with Gasteiger partial charge in [0.05, 0.1) is 33.8 Å². The lowest BCUT2D eigenvalue weighted by atomic mass is 9.97. The molecular formula is C11H17BrN2O3S. The molecule has 1 aromatic rings. The van der Waals surface area contributed by atoms with Gasteiger partial charge in [0.2, 0.25) is 0 Å². The SMILES string of the molecule is Cc1nn(CC2(O)CCS(=O)(=O)CC2)c(C)c1Br. The van der Waals surface area contributed by atoms with Gasteiger partial charge in [0.15, 0.2) is 9.84 Å². The van der Waals surface area contributed by atoms with E-state index in [-0.39, 0.29) is 24.3 Å². The molecule has 2 heterocycles. The van der Waals surface area contributed by atoms with E-state index in [1.54, 1.807) is 4.68 Å². The second-order valence-electron chi connectivity index (χ2n) is 5.02. The van der Waals surface area contributed by atoms with Crippen molar-refractivity contribution < 1.29 is 13.5 Å². The minimum absolute atomic E-state index is 0.0595. The fourth-order valence-corrected chi connectivity index (χ4v) is 4.05. The van der Waals surface area contributed by atoms with Crippen LogP contribution in [0.4, 0.5) is 0 Å². The number of aliphatic hydroxyl groups is 1. The molecule has 1 fully saturated rings. The molecule has 102 valence electrons. The Kier molecular flexibility index (Phi) is 3.59. The Morgan fingerprint density at radius 2 is 1.94 bits per heavy atom. The number of aromatic nitrogens is 2. The van der Waals surface area contributed by atoms with Gasteiger partial charge in [-0.3, -0.25) is 4.68 Å². The molecule has 0 aliphatic carbocycles. The number of hydrogen-bond acceptors (Lipinski definition) is 4. The molecule has 1 saturated heterocycles. The maximum atomic E-state index is 11.4. The zero-order valence-electron chi connectivity index (χ0n) is 10.5. The summed E-state index contributed by atoms with van der Waals surface area (Å²) in [6.07, 6.45) is 0.566. The average molecular weight is 337 g/mol. The Balaban J connectivity index is 2.16. The van der Waals surface area contributed by atoms with Crippen LogP contribution in [0, 0.1) is 13.8 Å². The molecule has 2 rings (SSSR count). The molecule has 0 amide bonds. The molecule has 0 saturated carbocycles. The number of halogens is 1. The van der Waals surface area contributed by atoms with Crippen LogP contribution in [0.1, 0.15) is 24.2 Å². The molecular weight excluding hydrogens is 320 g/mol. The summed E-state index contributed by atoms with van der Waals surface area (Å²) in [5.41, 5.74) is 0.863. The first-order valence-corrected chi connectivity index (χ1v) is 8.46. The van der Waals surface area contributed by atoms with E-state index in [9.17, 15) is 13.5 Å². The van der Waals surface area contributed by atoms with Crippen molar-refractivity contribution in [1.82, 2.24) is 9.78 Å². The lowest BCUT2D eigenvalue weighted by Crippen LogP contribution is -2.43. The molecule has 0 bridgehead atoms. The number of rotatable bonds is 2. The summed E-state index contributed by atoms with van der Waals surface area (Å²) >= 11 is 3.44. The first kappa shape index (κ1) is 14.0. The highest BCUT2D eigenvalue weighted by atomic mass is 79.9. The van der Waals surface area contributed by atoms with Gasteiger partial charge in [-0.15, -0.1) is 0 Å². The molecule has 1 aliphatic rings. The van der Waals surface area contributed by atoms with Crippen LogP contribution in [0.2, 0.25) is 0 Å². The van der Waals surface area contributed by atoms with Gasteiger partial charge in [-0.1, -0.05) is 0 Å². The fraction of sp³-hybridized carbons (Fsp3) is 0.727. The van der Waals surface area contributed by atoms with E-state index in [1.807, 2.05) is 13.8 Å². The standard InChI is InChI=1S/C11H17BrN2O3S/c1-8-10(12)9(2)14(13-8)7-11(15)3-5-18(16,17)6-4-11/h15H,3-7H2,1-2H3. The van der Waals surface area contributed by atoms with Gasteiger partial charge in [0.1, 0.15) is 0 Å². The van der Waals surface area contributed by atoms with Crippen LogP contribution < -0.4 is 0 Å². The van der Waals surface area contributed by atoms with Gasteiger partial charge in [-0.05, 0) is 42.6 Å². The lowest BCUT2D eigenvalue weighted by Gasteiger charge is -2.32. The summed E-state index contributed by atoms with van der Waals surface area (Å²) in [5, 5.41) is 14.8. The molecule has 5 nitrogen and oxygen atoms in total. The minimum atomic E-state index is -2.96. The molecule has 0 unspecified atom stereocenters. The highest BCUT2D eigenvalue weighted by Gasteiger charge is 2.36. The molecule has 0 radical (unpaired) electrons. The molecule has 0 aromatic carbocycles. The maximum Gasteiger partial charge on any atom is 0.150 e. The summed E-state index contributed by atoms with van der Waals surface area (Å²) in [5.74, 6) is 0.119. The summed E-state index contributed by atoms with van der Waals surface area (Å²) in [6.45, 7) is 4.16. The van der Waals surface area contributed by atoms with Gasteiger partial charge in [-0.25, -0.2) is 8.42 Å². The predicted octanol–water partition coefficient (Wildman–Crippen LogP) is 1.20. The van der Waals surface area contributed by atoms with Gasteiger partial charge in [-0.2, -0.15) is 5.10 Å². The Bertz CT molecular complexity index is 551. The Hall–Kier alpha value is -0.400. The Labute approximate surface area is 115 Å². The van der Waals surface area contributed by atoms with Crippen LogP contribution in [-0.2, 0) is 16.4 Å². The largest absolute Gasteiger partial charge is 0.388 e. The zero-order chi connectivity index (χ0) is 13.6. The van der Waals surface area contributed by atoms with Crippen LogP contribution in [-0.4, -0.2) is 40.4 Å². The average Bonchev–Trinajstić information content (AvgIpc) is 2.52. The van der Waals surface area contributed by atoms with Gasteiger partial charge >= 0.3 is 0 Å². The van der Waals surface area contributed by atoms with E-state index >= 15 is 0 Å². The molecule has 1 N–H and O–H groups in total. The van der Waals surface area contributed by atoms with Gasteiger partial charge in [0.25, 0.3) is 0 Å². The third kappa shape index (κ3) is 2.78. The van der Waals surface area contributed by atoms with Crippen LogP contribution in [0.3, 0.4) is 0 Å². The van der Waals surface area contributed by atoms with Crippen molar-refractivity contribution in [1.29, 1.82) is 0 Å². The lowest BCUT2D eigenvalue weighted by molar-refractivity contribution is 0.00945. The van der Waals surface area contributed by atoms with E-state index in [2.05, 4.69) is 21.0 Å². The molecule has 1 aliphatic heterocycles. The van der Waals surface area contributed by atoms with E-state index in [1.165, 1.54) is 0 Å². The minimum Gasteiger partial charge on any atom is -0.388 e. The summed E-state index contributed by atoms with van der Waals surface area (Å²) < 4.78 is 25.4. The van der Waals surface area contributed by atoms with E-state index in [0.717, 1.165) is 15.9 Å². The number of hydrogen-bond donors (Lipinski definition) is 1. The number of aryl methyl sites for hydroxylation is 1. The Morgan fingerprint density at radius 3 is 2.39 bits per heavy atom. The van der Waals surface area contributed by atoms with Crippen molar-refractivity contribution in [3.63, 3.8) is 0 Å². The summed E-state index contributed by atoms with van der Waals surface area (Å²) in [6, 6.07) is 0. The molecule has 0 spiro atoms. The van der Waals surface area contributed by atoms with Crippen molar-refractivity contribution >= 4 is 25.8 Å². The third-order valence-corrected chi connectivity index (χ3v) is 6.29. The fourth-order valence-electron chi connectivity index (χ4n) is 2.18. The smallest absolute Gasteiger partial charge is 0.150 e. The monoisotopic (exact) mass is 336 g/mol. The van der Waals surface area contributed by atoms with Crippen molar-refractivity contribution in [2.45, 2.75) is 38.8 Å². The number of nitrogens with zero attached hydrogens (tertiary/aromatic N) is 2. The van der Waals surface area contributed by atoms with E-state index in [0.29, 0.717) is 6.54 Å². The maximum absolute atomic E-state index is 11.4. The van der Waals surface area contributed by atoms with Crippen LogP contribution in [0.15, 0.2) is 4.47 Å². The van der Waals surface area contributed by atoms with Crippen molar-refractivity contribution in [3.05, 3.63) is 15.9 Å². The quantitative estimate of drug-likeness (QED) is 0.880. The molecule has 0 atom stereocenters. The van der Waals surface area contributed by atoms with Crippen LogP contribution >= 0.6 is 15.9 Å². The second-order valence-corrected chi connectivity index (χ2v) is 8.12. The predicted molar refractivity (Wildman–Crippen MR) is 72.2 cm³/mol. The van der Waals surface area contributed by atoms with Crippen molar-refractivity contribution in [3.8, 4) is 0 Å². The normalized spacial score (nSPS) is 22.0. The molecule has 18 heavy (non-hydrogen) atoms. The first-order chi connectivity index (χ1) is 8.22. The second kappa shape index (κ2) is 4.61. The van der Waals surface area contributed by atoms with E-state index < -0.39 is 15.4 Å². The van der Waals surface area contributed by atoms with E-state index in [4.69, 9.17) is 0 Å². The first-order valence-electron chi connectivity index (χ1n) is 5.85. The molecule has 7 heteroatoms. The van der Waals surface area contributed by atoms with Crippen LogP contribution in [0.25, 0.3) is 0 Å². The van der Waals surface area contributed by atoms with Crippen LogP contribution in [0.5, 0.6) is 0 Å². The zero-order valence-corrected chi connectivity index (χ0v) is 12.9. The molecule has 1 aromatic heterocycles. The summed E-state index contributed by atoms with van der Waals surface area (Å²) in [4.78, 5) is 0. The Morgan fingerprint density at radius 1 is 1.39 bits per heavy atom. The van der Waals surface area contributed by atoms with Crippen molar-refractivity contribution in [2.24, 2.45) is 0 Å². The third-order valence-electron chi connectivity index (χ3n) is 3.49. The highest BCUT2D eigenvalue weighted by molar-refractivity contribution is 9.10. The topological polar surface area (TPSA) is 72.2 Å². The van der Waals surface area contributed by atoms with Crippen molar-refractivity contribution in [2.75, 3.05) is 11.5 Å². The summed E-state index contributed by atoms with van der Waals surface area (Å²) in [7, 11) is -2.96.